The minimum Gasteiger partial charge on any atom is -0.478 e. The highest BCUT2D eigenvalue weighted by atomic mass is 32.1. The van der Waals surface area contributed by atoms with Crippen molar-refractivity contribution >= 4 is 35.2 Å². The minimum absolute atomic E-state index is 0.0865. The first-order valence-electron chi connectivity index (χ1n) is 5.90. The minimum atomic E-state index is -1.02. The van der Waals surface area contributed by atoms with Gasteiger partial charge in [-0.05, 0) is 29.5 Å². The summed E-state index contributed by atoms with van der Waals surface area (Å²) in [5.74, 6) is -1.38. The number of fused-ring (bicyclic) bond motifs is 1. The number of aliphatic carboxylic acids is 1. The number of carbonyl (C=O) groups is 3. The van der Waals surface area contributed by atoms with E-state index in [4.69, 9.17) is 5.11 Å². The summed E-state index contributed by atoms with van der Waals surface area (Å²) < 4.78 is 0. The summed E-state index contributed by atoms with van der Waals surface area (Å²) in [6, 6.07) is 1.78. The van der Waals surface area contributed by atoms with Gasteiger partial charge in [0.2, 0.25) is 11.8 Å². The average molecular weight is 277 g/mol. The van der Waals surface area contributed by atoms with Crippen molar-refractivity contribution in [2.24, 2.45) is 11.8 Å². The van der Waals surface area contributed by atoms with E-state index < -0.39 is 5.97 Å². The number of piperidine rings is 1. The van der Waals surface area contributed by atoms with Crippen LogP contribution in [-0.4, -0.2) is 27.8 Å². The maximum absolute atomic E-state index is 11.9. The van der Waals surface area contributed by atoms with Crippen molar-refractivity contribution < 1.29 is 19.5 Å². The van der Waals surface area contributed by atoms with Crippen LogP contribution in [0.15, 0.2) is 17.5 Å². The lowest BCUT2D eigenvalue weighted by Gasteiger charge is -2.15. The third kappa shape index (κ3) is 2.08. The van der Waals surface area contributed by atoms with E-state index in [0.717, 1.165) is 16.5 Å². The number of nitrogens with zero attached hydrogens (tertiary/aromatic N) is 1. The number of amides is 2. The number of hydrogen-bond acceptors (Lipinski definition) is 4. The highest BCUT2D eigenvalue weighted by molar-refractivity contribution is 7.10. The first-order valence-corrected chi connectivity index (χ1v) is 6.78. The Morgan fingerprint density at radius 2 is 2.11 bits per heavy atom. The molecule has 19 heavy (non-hydrogen) atoms. The van der Waals surface area contributed by atoms with Crippen molar-refractivity contribution in [1.82, 2.24) is 4.90 Å². The molecule has 6 heteroatoms. The van der Waals surface area contributed by atoms with Crippen LogP contribution < -0.4 is 0 Å². The molecule has 3 rings (SSSR count). The van der Waals surface area contributed by atoms with Crippen molar-refractivity contribution in [2.45, 2.75) is 13.0 Å². The first kappa shape index (κ1) is 12.1. The van der Waals surface area contributed by atoms with E-state index in [1.54, 1.807) is 6.07 Å². The van der Waals surface area contributed by atoms with Crippen LogP contribution in [0.25, 0.3) is 6.08 Å². The van der Waals surface area contributed by atoms with Crippen LogP contribution >= 0.6 is 11.3 Å². The highest BCUT2D eigenvalue weighted by Crippen LogP contribution is 2.47. The Kier molecular flexibility index (Phi) is 2.74. The Morgan fingerprint density at radius 1 is 1.42 bits per heavy atom. The third-order valence-electron chi connectivity index (χ3n) is 3.44. The van der Waals surface area contributed by atoms with Gasteiger partial charge in [0, 0.05) is 11.0 Å². The summed E-state index contributed by atoms with van der Waals surface area (Å²) in [6.07, 6.45) is 3.24. The summed E-state index contributed by atoms with van der Waals surface area (Å²) in [6.45, 7) is 0.252. The zero-order valence-corrected chi connectivity index (χ0v) is 10.7. The quantitative estimate of drug-likeness (QED) is 0.666. The molecule has 1 saturated carbocycles. The van der Waals surface area contributed by atoms with Gasteiger partial charge in [-0.15, -0.1) is 11.3 Å². The zero-order chi connectivity index (χ0) is 13.6. The molecule has 98 valence electrons. The van der Waals surface area contributed by atoms with Gasteiger partial charge >= 0.3 is 5.97 Å². The molecule has 0 aromatic carbocycles. The fourth-order valence-corrected chi connectivity index (χ4v) is 3.19. The van der Waals surface area contributed by atoms with Crippen LogP contribution in [0.4, 0.5) is 0 Å². The lowest BCUT2D eigenvalue weighted by Crippen LogP contribution is -2.32. The topological polar surface area (TPSA) is 74.7 Å². The Morgan fingerprint density at radius 3 is 2.74 bits per heavy atom. The molecule has 1 aromatic rings. The van der Waals surface area contributed by atoms with Gasteiger partial charge in [-0.25, -0.2) is 4.79 Å². The molecule has 2 heterocycles. The Hall–Kier alpha value is -1.95. The van der Waals surface area contributed by atoms with Gasteiger partial charge in [-0.3, -0.25) is 14.5 Å². The first-order chi connectivity index (χ1) is 9.08. The molecule has 1 aliphatic heterocycles. The summed E-state index contributed by atoms with van der Waals surface area (Å²) in [4.78, 5) is 36.3. The molecule has 2 amide bonds. The maximum atomic E-state index is 11.9. The van der Waals surface area contributed by atoms with Crippen molar-refractivity contribution in [3.05, 3.63) is 28.0 Å². The van der Waals surface area contributed by atoms with Gasteiger partial charge in [0.15, 0.2) is 0 Å². The van der Waals surface area contributed by atoms with Gasteiger partial charge in [-0.1, -0.05) is 0 Å². The largest absolute Gasteiger partial charge is 0.478 e. The van der Waals surface area contributed by atoms with Crippen LogP contribution in [0.5, 0.6) is 0 Å². The van der Waals surface area contributed by atoms with E-state index >= 15 is 0 Å². The normalized spacial score (nSPS) is 25.2. The summed E-state index contributed by atoms with van der Waals surface area (Å²) in [7, 11) is 0. The number of rotatable bonds is 4. The molecule has 1 saturated heterocycles. The van der Waals surface area contributed by atoms with Crippen molar-refractivity contribution in [3.8, 4) is 0 Å². The molecule has 0 radical (unpaired) electrons. The molecule has 2 unspecified atom stereocenters. The fourth-order valence-electron chi connectivity index (χ4n) is 2.34. The number of likely N-dealkylation sites (tertiary alicyclic amines) is 1. The number of carbonyl (C=O) groups excluding carboxylic acids is 2. The van der Waals surface area contributed by atoms with E-state index in [0.29, 0.717) is 6.42 Å². The van der Waals surface area contributed by atoms with Crippen molar-refractivity contribution in [3.63, 3.8) is 0 Å². The van der Waals surface area contributed by atoms with Crippen LogP contribution in [0.3, 0.4) is 0 Å². The smallest absolute Gasteiger partial charge is 0.328 e. The zero-order valence-electron chi connectivity index (χ0n) is 9.91. The molecule has 1 aliphatic carbocycles. The molecular formula is C13H11NO4S. The lowest BCUT2D eigenvalue weighted by atomic mass is 10.2. The molecule has 1 N–H and O–H groups in total. The molecule has 2 aliphatic rings. The predicted octanol–water partition coefficient (Wildman–Crippen LogP) is 1.35. The van der Waals surface area contributed by atoms with Gasteiger partial charge in [0.05, 0.1) is 18.4 Å². The highest BCUT2D eigenvalue weighted by Gasteiger charge is 2.58. The van der Waals surface area contributed by atoms with Gasteiger partial charge in [0.25, 0.3) is 0 Å². The second-order valence-corrected chi connectivity index (χ2v) is 5.68. The van der Waals surface area contributed by atoms with E-state index in [2.05, 4.69) is 0 Å². The summed E-state index contributed by atoms with van der Waals surface area (Å²) in [5, 5.41) is 10.4. The molecule has 2 atom stereocenters. The van der Waals surface area contributed by atoms with E-state index in [9.17, 15) is 14.4 Å². The Labute approximate surface area is 113 Å². The standard InChI is InChI=1S/C13H11NO4S/c15-11(16)2-1-7-3-4-19-10(7)6-14-12(17)8-5-9(8)13(14)18/h1-4,8-9H,5-6H2,(H,15,16). The monoisotopic (exact) mass is 277 g/mol. The fraction of sp³-hybridized carbons (Fsp3) is 0.308. The summed E-state index contributed by atoms with van der Waals surface area (Å²) >= 11 is 1.42. The lowest BCUT2D eigenvalue weighted by molar-refractivity contribution is -0.142. The Balaban J connectivity index is 1.77. The van der Waals surface area contributed by atoms with Crippen LogP contribution in [0.2, 0.25) is 0 Å². The molecule has 2 fully saturated rings. The van der Waals surface area contributed by atoms with E-state index in [1.807, 2.05) is 5.38 Å². The van der Waals surface area contributed by atoms with Crippen LogP contribution in [-0.2, 0) is 20.9 Å². The number of carboxylic acids is 1. The van der Waals surface area contributed by atoms with Crippen molar-refractivity contribution in [1.29, 1.82) is 0 Å². The molecular weight excluding hydrogens is 266 g/mol. The van der Waals surface area contributed by atoms with Gasteiger partial charge in [0.1, 0.15) is 0 Å². The number of imide groups is 1. The molecule has 5 nitrogen and oxygen atoms in total. The van der Waals surface area contributed by atoms with E-state index in [1.165, 1.54) is 22.3 Å². The number of hydrogen-bond donors (Lipinski definition) is 1. The maximum Gasteiger partial charge on any atom is 0.328 e. The number of carboxylic acid groups (broad SMARTS) is 1. The second kappa shape index (κ2) is 4.31. The predicted molar refractivity (Wildman–Crippen MR) is 68.1 cm³/mol. The van der Waals surface area contributed by atoms with E-state index in [-0.39, 0.29) is 30.2 Å². The third-order valence-corrected chi connectivity index (χ3v) is 4.37. The van der Waals surface area contributed by atoms with Gasteiger partial charge < -0.3 is 5.11 Å². The van der Waals surface area contributed by atoms with Gasteiger partial charge in [-0.2, -0.15) is 0 Å². The molecule has 0 bridgehead atoms. The second-order valence-electron chi connectivity index (χ2n) is 4.68. The Bertz CT molecular complexity index is 584. The SMILES string of the molecule is O=C(O)C=Cc1ccsc1CN1C(=O)C2CC2C1=O. The van der Waals surface area contributed by atoms with Crippen LogP contribution in [0, 0.1) is 11.8 Å². The average Bonchev–Trinajstić information content (AvgIpc) is 2.99. The molecule has 1 aromatic heterocycles. The summed E-state index contributed by atoms with van der Waals surface area (Å²) in [5.41, 5.74) is 0.744. The van der Waals surface area contributed by atoms with Crippen molar-refractivity contribution in [2.75, 3.05) is 0 Å². The van der Waals surface area contributed by atoms with Crippen LogP contribution in [0.1, 0.15) is 16.9 Å². The molecule has 0 spiro atoms. The number of thiophene rings is 1.